The monoisotopic (exact) mass is 453 g/mol. The first-order valence-corrected chi connectivity index (χ1v) is 13.0. The Morgan fingerprint density at radius 3 is 2.46 bits per heavy atom. The molecule has 3 heterocycles. The standard InChI is InChI=1S/C32H28BNO/c1-31-18-6-7-19-32(31,2)34-26-14-9-15-27-29(26)33(25-13-8-12-23(31)30(25)34)24-17-16-22(20-28(24)35-27)21-10-4-3-5-11-21/h3-5,8-17,20H,6-7,18-19H2,1-2H3. The number of hydrogen-bond donors (Lipinski definition) is 0. The lowest BCUT2D eigenvalue weighted by atomic mass is 9.34. The first-order valence-electron chi connectivity index (χ1n) is 13.0. The first kappa shape index (κ1) is 19.8. The topological polar surface area (TPSA) is 12.5 Å². The minimum Gasteiger partial charge on any atom is -0.458 e. The van der Waals surface area contributed by atoms with E-state index < -0.39 is 0 Å². The number of rotatable bonds is 1. The van der Waals surface area contributed by atoms with E-state index in [9.17, 15) is 0 Å². The van der Waals surface area contributed by atoms with Crippen LogP contribution in [0, 0.1) is 0 Å². The third kappa shape index (κ3) is 2.32. The second-order valence-corrected chi connectivity index (χ2v) is 11.2. The molecule has 8 rings (SSSR count). The van der Waals surface area contributed by atoms with Gasteiger partial charge in [0.2, 0.25) is 0 Å². The van der Waals surface area contributed by atoms with Crippen molar-refractivity contribution in [2.75, 3.05) is 4.90 Å². The quantitative estimate of drug-likeness (QED) is 0.288. The molecule has 3 heteroatoms. The van der Waals surface area contributed by atoms with Gasteiger partial charge in [0.25, 0.3) is 6.71 Å². The van der Waals surface area contributed by atoms with E-state index in [1.165, 1.54) is 64.6 Å². The molecule has 0 bridgehead atoms. The molecule has 3 aliphatic heterocycles. The molecule has 4 aromatic rings. The molecule has 0 N–H and O–H groups in total. The number of ether oxygens (including phenoxy) is 1. The summed E-state index contributed by atoms with van der Waals surface area (Å²) in [5.41, 5.74) is 11.1. The zero-order valence-electron chi connectivity index (χ0n) is 20.3. The average molecular weight is 453 g/mol. The van der Waals surface area contributed by atoms with E-state index in [1.54, 1.807) is 5.56 Å². The number of hydrogen-bond acceptors (Lipinski definition) is 2. The van der Waals surface area contributed by atoms with Crippen molar-refractivity contribution < 1.29 is 4.74 Å². The van der Waals surface area contributed by atoms with E-state index in [-0.39, 0.29) is 17.7 Å². The number of nitrogens with zero attached hydrogens (tertiary/aromatic N) is 1. The van der Waals surface area contributed by atoms with Gasteiger partial charge < -0.3 is 9.64 Å². The zero-order chi connectivity index (χ0) is 23.4. The maximum atomic E-state index is 6.68. The van der Waals surface area contributed by atoms with E-state index >= 15 is 0 Å². The molecule has 1 aliphatic carbocycles. The summed E-state index contributed by atoms with van der Waals surface area (Å²) in [6.45, 7) is 5.24. The fourth-order valence-electron chi connectivity index (χ4n) is 7.77. The van der Waals surface area contributed by atoms with Gasteiger partial charge in [-0.3, -0.25) is 0 Å². The number of fused-ring (bicyclic) bond motifs is 7. The van der Waals surface area contributed by atoms with E-state index in [2.05, 4.69) is 104 Å². The van der Waals surface area contributed by atoms with Crippen molar-refractivity contribution in [1.82, 2.24) is 0 Å². The summed E-state index contributed by atoms with van der Waals surface area (Å²) in [5, 5.41) is 0. The first-order chi connectivity index (χ1) is 17.1. The van der Waals surface area contributed by atoms with Gasteiger partial charge in [0.15, 0.2) is 0 Å². The highest BCUT2D eigenvalue weighted by Crippen LogP contribution is 2.61. The third-order valence-corrected chi connectivity index (χ3v) is 9.69. The van der Waals surface area contributed by atoms with Gasteiger partial charge in [-0.25, -0.2) is 0 Å². The van der Waals surface area contributed by atoms with Gasteiger partial charge in [-0.15, -0.1) is 0 Å². The normalized spacial score (nSPS) is 24.7. The van der Waals surface area contributed by atoms with E-state index in [0.717, 1.165) is 11.5 Å². The molecule has 2 nitrogen and oxygen atoms in total. The maximum absolute atomic E-state index is 6.68. The Morgan fingerprint density at radius 1 is 0.743 bits per heavy atom. The van der Waals surface area contributed by atoms with E-state index in [4.69, 9.17) is 4.74 Å². The number of anilines is 2. The molecule has 170 valence electrons. The fourth-order valence-corrected chi connectivity index (χ4v) is 7.77. The molecule has 1 saturated carbocycles. The van der Waals surface area contributed by atoms with Crippen molar-refractivity contribution in [1.29, 1.82) is 0 Å². The lowest BCUT2D eigenvalue weighted by Crippen LogP contribution is -2.63. The van der Waals surface area contributed by atoms with Crippen molar-refractivity contribution in [3.8, 4) is 22.6 Å². The Morgan fingerprint density at radius 2 is 1.57 bits per heavy atom. The maximum Gasteiger partial charge on any atom is 0.256 e. The van der Waals surface area contributed by atoms with Gasteiger partial charge in [-0.1, -0.05) is 86.5 Å². The van der Waals surface area contributed by atoms with Crippen LogP contribution in [0.25, 0.3) is 11.1 Å². The predicted molar refractivity (Wildman–Crippen MR) is 146 cm³/mol. The van der Waals surface area contributed by atoms with Gasteiger partial charge in [0.1, 0.15) is 11.5 Å². The highest BCUT2D eigenvalue weighted by molar-refractivity contribution is 6.99. The van der Waals surface area contributed by atoms with Crippen molar-refractivity contribution in [2.24, 2.45) is 0 Å². The second-order valence-electron chi connectivity index (χ2n) is 11.2. The Hall–Kier alpha value is -3.46. The molecule has 2 unspecified atom stereocenters. The zero-order valence-corrected chi connectivity index (χ0v) is 20.3. The van der Waals surface area contributed by atoms with Crippen LogP contribution in [-0.4, -0.2) is 12.3 Å². The largest absolute Gasteiger partial charge is 0.458 e. The molecule has 1 fully saturated rings. The summed E-state index contributed by atoms with van der Waals surface area (Å²) in [6.07, 6.45) is 5.09. The van der Waals surface area contributed by atoms with Crippen LogP contribution in [0.3, 0.4) is 0 Å². The highest BCUT2D eigenvalue weighted by atomic mass is 16.5. The molecular weight excluding hydrogens is 425 g/mol. The van der Waals surface area contributed by atoms with Crippen molar-refractivity contribution in [2.45, 2.75) is 50.5 Å². The summed E-state index contributed by atoms with van der Waals surface area (Å²) in [5.74, 6) is 1.99. The summed E-state index contributed by atoms with van der Waals surface area (Å²) < 4.78 is 6.68. The average Bonchev–Trinajstić information content (AvgIpc) is 3.11. The predicted octanol–water partition coefficient (Wildman–Crippen LogP) is 6.03. The Kier molecular flexibility index (Phi) is 3.74. The molecule has 0 radical (unpaired) electrons. The Balaban J connectivity index is 1.40. The van der Waals surface area contributed by atoms with Crippen LogP contribution in [-0.2, 0) is 5.41 Å². The van der Waals surface area contributed by atoms with Crippen molar-refractivity contribution >= 4 is 34.5 Å². The summed E-state index contributed by atoms with van der Waals surface area (Å²) in [6, 6.07) is 31.2. The number of para-hydroxylation sites is 1. The lowest BCUT2D eigenvalue weighted by Gasteiger charge is -2.52. The molecule has 4 aliphatic rings. The van der Waals surface area contributed by atoms with Crippen LogP contribution in [0.15, 0.2) is 84.9 Å². The molecule has 0 amide bonds. The molecule has 0 aromatic heterocycles. The fraction of sp³-hybridized carbons (Fsp3) is 0.250. The molecule has 0 spiro atoms. The minimum absolute atomic E-state index is 0.0845. The molecular formula is C32H28BNO. The van der Waals surface area contributed by atoms with Crippen molar-refractivity contribution in [3.63, 3.8) is 0 Å². The highest BCUT2D eigenvalue weighted by Gasteiger charge is 2.60. The molecule has 2 atom stereocenters. The lowest BCUT2D eigenvalue weighted by molar-refractivity contribution is 0.195. The van der Waals surface area contributed by atoms with Gasteiger partial charge in [-0.2, -0.15) is 0 Å². The summed E-state index contributed by atoms with van der Waals surface area (Å²) in [7, 11) is 0. The van der Waals surface area contributed by atoms with Gasteiger partial charge in [-0.05, 0) is 71.0 Å². The van der Waals surface area contributed by atoms with Gasteiger partial charge in [0.05, 0.1) is 5.54 Å². The van der Waals surface area contributed by atoms with Crippen molar-refractivity contribution in [3.05, 3.63) is 90.5 Å². The third-order valence-electron chi connectivity index (χ3n) is 9.69. The SMILES string of the molecule is CC12CCCCC1(C)N1c3cccc4c3B(c3ccc(-c5ccccc5)cc3O4)c3cccc2c31. The van der Waals surface area contributed by atoms with Crippen LogP contribution in [0.1, 0.15) is 45.1 Å². The number of benzene rings is 4. The van der Waals surface area contributed by atoms with Crippen LogP contribution in [0.2, 0.25) is 0 Å². The minimum atomic E-state index is 0.0845. The van der Waals surface area contributed by atoms with Crippen LogP contribution in [0.4, 0.5) is 11.4 Å². The summed E-state index contributed by atoms with van der Waals surface area (Å²) in [4.78, 5) is 2.72. The van der Waals surface area contributed by atoms with Crippen LogP contribution < -0.4 is 26.0 Å². The van der Waals surface area contributed by atoms with Crippen LogP contribution >= 0.6 is 0 Å². The van der Waals surface area contributed by atoms with Gasteiger partial charge >= 0.3 is 0 Å². The molecule has 4 aromatic carbocycles. The smallest absolute Gasteiger partial charge is 0.256 e. The van der Waals surface area contributed by atoms with E-state index in [0.29, 0.717) is 0 Å². The van der Waals surface area contributed by atoms with E-state index in [1.807, 2.05) is 0 Å². The Bertz CT molecular complexity index is 1530. The Labute approximate surface area is 207 Å². The summed E-state index contributed by atoms with van der Waals surface area (Å²) >= 11 is 0. The van der Waals surface area contributed by atoms with Crippen LogP contribution in [0.5, 0.6) is 11.5 Å². The van der Waals surface area contributed by atoms with Gasteiger partial charge in [0, 0.05) is 16.8 Å². The second kappa shape index (κ2) is 6.60. The molecule has 35 heavy (non-hydrogen) atoms. The molecule has 0 saturated heterocycles.